The Morgan fingerprint density at radius 3 is 2.94 bits per heavy atom. The van der Waals surface area contributed by atoms with E-state index in [9.17, 15) is 9.59 Å². The van der Waals surface area contributed by atoms with Crippen LogP contribution in [0.2, 0.25) is 1.41 Å². The molecule has 0 unspecified atom stereocenters. The fourth-order valence-electron chi connectivity index (χ4n) is 2.22. The van der Waals surface area contributed by atoms with Crippen LogP contribution in [0, 0.1) is 5.92 Å². The zero-order chi connectivity index (χ0) is 14.3. The maximum atomic E-state index is 12.1. The number of carbonyl (C=O) groups excluding carboxylic acids is 2. The first-order chi connectivity index (χ1) is 9.07. The highest BCUT2D eigenvalue weighted by atomic mass is 16.5. The standard InChI is InChI=1S/C13H24N2O3/c1-10(2)13(17)11-4-3-7-15(11)12(16)5-8-18-9-6-14/h10-11H,3-9,14H2,1-2H3/t11-/m1/s1/i/hD. The van der Waals surface area contributed by atoms with Gasteiger partial charge in [-0.25, -0.2) is 0 Å². The number of ether oxygens (including phenoxy) is 1. The van der Waals surface area contributed by atoms with Gasteiger partial charge in [0.05, 0.1) is 25.7 Å². The number of nitrogens with zero attached hydrogens (tertiary/aromatic N) is 1. The molecule has 1 saturated heterocycles. The molecule has 1 aliphatic heterocycles. The topological polar surface area (TPSA) is 72.6 Å². The molecule has 0 radical (unpaired) electrons. The molecule has 1 amide bonds. The predicted octanol–water partition coefficient (Wildman–Crippen LogP) is 0.568. The zero-order valence-corrected chi connectivity index (χ0v) is 11.3. The Balaban J connectivity index is 2.36. The largest absolute Gasteiger partial charge is 0.380 e. The molecule has 104 valence electrons. The summed E-state index contributed by atoms with van der Waals surface area (Å²) in [5, 5.41) is 0. The van der Waals surface area contributed by atoms with Gasteiger partial charge in [0, 0.05) is 19.0 Å². The highest BCUT2D eigenvalue weighted by Gasteiger charge is 2.34. The average molecular weight is 257 g/mol. The molecule has 0 aliphatic carbocycles. The molecule has 18 heavy (non-hydrogen) atoms. The Kier molecular flexibility index (Phi) is 5.61. The van der Waals surface area contributed by atoms with Crippen LogP contribution in [0.15, 0.2) is 0 Å². The van der Waals surface area contributed by atoms with E-state index in [1.807, 2.05) is 13.8 Å². The number of amides is 1. The molecule has 1 rings (SSSR count). The maximum Gasteiger partial charge on any atom is 0.225 e. The number of ketones is 1. The molecule has 5 heteroatoms. The molecule has 0 aromatic rings. The summed E-state index contributed by atoms with van der Waals surface area (Å²) in [6.07, 6.45) is 1.99. The first-order valence-corrected chi connectivity index (χ1v) is 6.63. The Morgan fingerprint density at radius 2 is 2.28 bits per heavy atom. The average Bonchev–Trinajstić information content (AvgIpc) is 2.86. The molecule has 0 aromatic carbocycles. The summed E-state index contributed by atoms with van der Waals surface area (Å²) in [5.74, 6) is 0.123. The first-order valence-electron chi connectivity index (χ1n) is 7.13. The van der Waals surface area contributed by atoms with Gasteiger partial charge in [-0.2, -0.15) is 0 Å². The van der Waals surface area contributed by atoms with Crippen molar-refractivity contribution in [2.24, 2.45) is 11.6 Å². The normalized spacial score (nSPS) is 20.3. The van der Waals surface area contributed by atoms with Crippen molar-refractivity contribution in [3.63, 3.8) is 0 Å². The van der Waals surface area contributed by atoms with Crippen LogP contribution in [0.5, 0.6) is 0 Å². The molecule has 0 spiro atoms. The second-order valence-electron chi connectivity index (χ2n) is 4.91. The molecule has 1 heterocycles. The lowest BCUT2D eigenvalue weighted by Crippen LogP contribution is -2.42. The fourth-order valence-corrected chi connectivity index (χ4v) is 2.22. The van der Waals surface area contributed by atoms with Crippen LogP contribution < -0.4 is 5.73 Å². The van der Waals surface area contributed by atoms with Gasteiger partial charge in [-0.05, 0) is 12.8 Å². The van der Waals surface area contributed by atoms with E-state index >= 15 is 0 Å². The van der Waals surface area contributed by atoms with Gasteiger partial charge < -0.3 is 15.4 Å². The lowest BCUT2D eigenvalue weighted by atomic mass is 10.00. The van der Waals surface area contributed by atoms with Gasteiger partial charge in [0.2, 0.25) is 5.91 Å². The van der Waals surface area contributed by atoms with Crippen LogP contribution in [-0.2, 0) is 14.3 Å². The molecule has 1 fully saturated rings. The summed E-state index contributed by atoms with van der Waals surface area (Å²) in [4.78, 5) is 25.8. The number of hydrogen-bond donors (Lipinski definition) is 1. The quantitative estimate of drug-likeness (QED) is 0.645. The van der Waals surface area contributed by atoms with Gasteiger partial charge >= 0.3 is 0 Å². The number of carbonyl (C=O) groups is 2. The molecular formula is C13H24N2O3. The maximum absolute atomic E-state index is 12.1. The second kappa shape index (κ2) is 7.48. The van der Waals surface area contributed by atoms with Crippen molar-refractivity contribution in [2.45, 2.75) is 39.2 Å². The molecule has 5 nitrogen and oxygen atoms in total. The third-order valence-corrected chi connectivity index (χ3v) is 3.18. The number of hydrogen-bond acceptors (Lipinski definition) is 4. The molecule has 1 aliphatic rings. The van der Waals surface area contributed by atoms with Crippen molar-refractivity contribution >= 4 is 11.7 Å². The van der Waals surface area contributed by atoms with Crippen LogP contribution in [-0.4, -0.2) is 48.9 Å². The summed E-state index contributed by atoms with van der Waals surface area (Å²) >= 11 is 0. The van der Waals surface area contributed by atoms with Crippen LogP contribution in [0.1, 0.15) is 33.1 Å². The zero-order valence-electron chi connectivity index (χ0n) is 12.3. The van der Waals surface area contributed by atoms with E-state index < -0.39 is 0 Å². The van der Waals surface area contributed by atoms with Gasteiger partial charge in [0.1, 0.15) is 1.41 Å². The Morgan fingerprint density at radius 1 is 1.50 bits per heavy atom. The van der Waals surface area contributed by atoms with Crippen LogP contribution >= 0.6 is 0 Å². The van der Waals surface area contributed by atoms with Crippen molar-refractivity contribution in [2.75, 3.05) is 26.3 Å². The number of rotatable bonds is 8. The molecule has 1 atom stereocenters. The number of Topliss-reactive ketones (excluding diaryl/α,β-unsaturated/α-hetero) is 1. The van der Waals surface area contributed by atoms with E-state index in [1.165, 1.54) is 0 Å². The van der Waals surface area contributed by atoms with Gasteiger partial charge in [0.25, 0.3) is 0 Å². The first kappa shape index (κ1) is 13.5. The summed E-state index contributed by atoms with van der Waals surface area (Å²) < 4.78 is 12.0. The van der Waals surface area contributed by atoms with E-state index in [1.54, 1.807) is 4.90 Å². The smallest absolute Gasteiger partial charge is 0.225 e. The van der Waals surface area contributed by atoms with E-state index in [2.05, 4.69) is 5.73 Å². The Labute approximate surface area is 110 Å². The minimum atomic E-state index is -0.234. The monoisotopic (exact) mass is 257 g/mol. The van der Waals surface area contributed by atoms with Gasteiger partial charge in [-0.1, -0.05) is 13.8 Å². The highest BCUT2D eigenvalue weighted by Crippen LogP contribution is 2.21. The van der Waals surface area contributed by atoms with E-state index in [0.29, 0.717) is 32.7 Å². The predicted molar refractivity (Wildman–Crippen MR) is 69.1 cm³/mol. The molecule has 0 saturated carbocycles. The Hall–Kier alpha value is -0.940. The van der Waals surface area contributed by atoms with Crippen molar-refractivity contribution in [3.05, 3.63) is 0 Å². The van der Waals surface area contributed by atoms with E-state index in [-0.39, 0.29) is 23.7 Å². The van der Waals surface area contributed by atoms with Crippen LogP contribution in [0.25, 0.3) is 0 Å². The SMILES string of the molecule is [2H]NCCOCCC(=O)N1CCC[C@@H]1C(=O)C(C)C. The van der Waals surface area contributed by atoms with Gasteiger partial charge in [-0.3, -0.25) is 9.59 Å². The van der Waals surface area contributed by atoms with Gasteiger partial charge in [-0.15, -0.1) is 0 Å². The summed E-state index contributed by atoms with van der Waals surface area (Å²) in [6.45, 7) is 5.65. The summed E-state index contributed by atoms with van der Waals surface area (Å²) in [7, 11) is 0. The summed E-state index contributed by atoms with van der Waals surface area (Å²) in [5.41, 5.74) is 2.23. The molecule has 0 bridgehead atoms. The van der Waals surface area contributed by atoms with E-state index in [0.717, 1.165) is 12.8 Å². The minimum absolute atomic E-state index is 0.00432. The Bertz CT molecular complexity index is 310. The van der Waals surface area contributed by atoms with Crippen LogP contribution in [0.3, 0.4) is 0 Å². The second-order valence-corrected chi connectivity index (χ2v) is 4.91. The molecule has 0 aromatic heterocycles. The fraction of sp³-hybridized carbons (Fsp3) is 0.846. The van der Waals surface area contributed by atoms with Crippen LogP contribution in [0.4, 0.5) is 0 Å². The molecular weight excluding hydrogens is 232 g/mol. The lowest BCUT2D eigenvalue weighted by molar-refractivity contribution is -0.139. The highest BCUT2D eigenvalue weighted by molar-refractivity contribution is 5.90. The van der Waals surface area contributed by atoms with Crippen molar-refractivity contribution < 1.29 is 15.7 Å². The third kappa shape index (κ3) is 4.07. The number of nitrogens with two attached hydrogens (primary N) is 1. The van der Waals surface area contributed by atoms with Crippen molar-refractivity contribution in [3.8, 4) is 0 Å². The lowest BCUT2D eigenvalue weighted by Gasteiger charge is -2.25. The number of likely N-dealkylation sites (tertiary alicyclic amines) is 1. The van der Waals surface area contributed by atoms with E-state index in [4.69, 9.17) is 6.15 Å². The van der Waals surface area contributed by atoms with Crippen molar-refractivity contribution in [1.29, 1.82) is 0 Å². The minimum Gasteiger partial charge on any atom is -0.380 e. The summed E-state index contributed by atoms with van der Waals surface area (Å²) in [6, 6.07) is -0.234. The third-order valence-electron chi connectivity index (χ3n) is 3.18. The van der Waals surface area contributed by atoms with Crippen molar-refractivity contribution in [1.82, 2.24) is 4.90 Å². The molecule has 2 N–H and O–H groups in total. The van der Waals surface area contributed by atoms with Gasteiger partial charge in [0.15, 0.2) is 5.78 Å².